The van der Waals surface area contributed by atoms with Crippen molar-refractivity contribution in [2.24, 2.45) is 5.92 Å². The molecule has 2 N–H and O–H groups in total. The number of amides is 1. The molecule has 0 radical (unpaired) electrons. The highest BCUT2D eigenvalue weighted by molar-refractivity contribution is 5.88. The first kappa shape index (κ1) is 17.0. The van der Waals surface area contributed by atoms with Crippen LogP contribution in [0.25, 0.3) is 11.0 Å². The van der Waals surface area contributed by atoms with Crippen LogP contribution in [0.4, 0.5) is 0 Å². The molecule has 1 amide bonds. The average molecular weight is 317 g/mol. The number of hydrogen-bond donors (Lipinski definition) is 2. The first-order chi connectivity index (χ1) is 10.9. The Labute approximate surface area is 135 Å². The number of hydrogen-bond acceptors (Lipinski definition) is 3. The first-order valence-corrected chi connectivity index (χ1v) is 7.86. The van der Waals surface area contributed by atoms with E-state index >= 15 is 0 Å². The molecule has 124 valence electrons. The van der Waals surface area contributed by atoms with Gasteiger partial charge in [-0.2, -0.15) is 0 Å². The highest BCUT2D eigenvalue weighted by Gasteiger charge is 2.37. The molecule has 1 aromatic heterocycles. The van der Waals surface area contributed by atoms with Crippen molar-refractivity contribution in [1.82, 2.24) is 14.9 Å². The molecule has 1 aromatic carbocycles. The number of nitrogens with zero attached hydrogens (tertiary/aromatic N) is 2. The number of para-hydroxylation sites is 2. The molecular weight excluding hydrogens is 294 g/mol. The van der Waals surface area contributed by atoms with Gasteiger partial charge in [-0.25, -0.2) is 9.78 Å². The number of imidazole rings is 1. The second-order valence-corrected chi connectivity index (χ2v) is 6.00. The fourth-order valence-electron chi connectivity index (χ4n) is 2.67. The average Bonchev–Trinajstić information content (AvgIpc) is 2.91. The quantitative estimate of drug-likeness (QED) is 0.821. The van der Waals surface area contributed by atoms with E-state index in [-0.39, 0.29) is 18.4 Å². The standard InChI is InChI=1S/C17H23N3O3/c1-4-12(5-2)15(21)19-17(3,16(22)23)10-20-11-18-13-8-6-7-9-14(13)20/h6-9,11-12H,4-5,10H2,1-3H3,(H,19,21)(H,22,23). The number of rotatable bonds is 7. The fourth-order valence-corrected chi connectivity index (χ4v) is 2.67. The minimum Gasteiger partial charge on any atom is -0.479 e. The van der Waals surface area contributed by atoms with Gasteiger partial charge >= 0.3 is 5.97 Å². The molecule has 1 atom stereocenters. The Kier molecular flexibility index (Phi) is 5.03. The Hall–Kier alpha value is -2.37. The first-order valence-electron chi connectivity index (χ1n) is 7.86. The number of carbonyl (C=O) groups excluding carboxylic acids is 1. The van der Waals surface area contributed by atoms with E-state index in [1.807, 2.05) is 38.1 Å². The third-order valence-electron chi connectivity index (χ3n) is 4.24. The summed E-state index contributed by atoms with van der Waals surface area (Å²) in [4.78, 5) is 28.4. The predicted molar refractivity (Wildman–Crippen MR) is 88.0 cm³/mol. The minimum absolute atomic E-state index is 0.120. The fraction of sp³-hybridized carbons (Fsp3) is 0.471. The molecule has 0 aliphatic rings. The van der Waals surface area contributed by atoms with E-state index < -0.39 is 11.5 Å². The molecule has 0 saturated heterocycles. The Morgan fingerprint density at radius 3 is 2.57 bits per heavy atom. The smallest absolute Gasteiger partial charge is 0.331 e. The lowest BCUT2D eigenvalue weighted by Gasteiger charge is -2.28. The van der Waals surface area contributed by atoms with Crippen molar-refractivity contribution in [3.63, 3.8) is 0 Å². The van der Waals surface area contributed by atoms with Crippen LogP contribution in [0, 0.1) is 5.92 Å². The van der Waals surface area contributed by atoms with Crippen LogP contribution < -0.4 is 5.32 Å². The SMILES string of the molecule is CCC(CC)C(=O)NC(C)(Cn1cnc2ccccc21)C(=O)O. The molecule has 0 bridgehead atoms. The van der Waals surface area contributed by atoms with Gasteiger partial charge in [0.2, 0.25) is 5.91 Å². The summed E-state index contributed by atoms with van der Waals surface area (Å²) in [6.07, 6.45) is 2.98. The highest BCUT2D eigenvalue weighted by atomic mass is 16.4. The van der Waals surface area contributed by atoms with Crippen molar-refractivity contribution in [1.29, 1.82) is 0 Å². The van der Waals surface area contributed by atoms with Crippen LogP contribution in [0.2, 0.25) is 0 Å². The van der Waals surface area contributed by atoms with Crippen LogP contribution in [0.3, 0.4) is 0 Å². The van der Waals surface area contributed by atoms with E-state index in [4.69, 9.17) is 0 Å². The Bertz CT molecular complexity index is 706. The summed E-state index contributed by atoms with van der Waals surface area (Å²) >= 11 is 0. The number of carbonyl (C=O) groups is 2. The van der Waals surface area contributed by atoms with Crippen molar-refractivity contribution in [3.05, 3.63) is 30.6 Å². The minimum atomic E-state index is -1.39. The molecule has 0 spiro atoms. The van der Waals surface area contributed by atoms with Gasteiger partial charge in [-0.3, -0.25) is 4.79 Å². The summed E-state index contributed by atoms with van der Waals surface area (Å²) in [5, 5.41) is 12.3. The molecule has 0 aliphatic heterocycles. The predicted octanol–water partition coefficient (Wildman–Crippen LogP) is 2.43. The largest absolute Gasteiger partial charge is 0.479 e. The second kappa shape index (κ2) is 6.81. The maximum atomic E-state index is 12.3. The molecule has 0 fully saturated rings. The topological polar surface area (TPSA) is 84.2 Å². The molecule has 2 rings (SSSR count). The van der Waals surface area contributed by atoms with Gasteiger partial charge in [0, 0.05) is 5.92 Å². The molecule has 2 aromatic rings. The highest BCUT2D eigenvalue weighted by Crippen LogP contribution is 2.18. The van der Waals surface area contributed by atoms with E-state index in [0.717, 1.165) is 11.0 Å². The molecule has 6 heteroatoms. The van der Waals surface area contributed by atoms with Crippen molar-refractivity contribution >= 4 is 22.9 Å². The Balaban J connectivity index is 2.27. The number of aliphatic carboxylic acids is 1. The van der Waals surface area contributed by atoms with Gasteiger partial charge in [-0.1, -0.05) is 26.0 Å². The zero-order valence-electron chi connectivity index (χ0n) is 13.7. The van der Waals surface area contributed by atoms with E-state index in [1.54, 1.807) is 10.9 Å². The summed E-state index contributed by atoms with van der Waals surface area (Å²) < 4.78 is 1.76. The molecule has 0 aliphatic carbocycles. The molecular formula is C17H23N3O3. The maximum absolute atomic E-state index is 12.3. The van der Waals surface area contributed by atoms with E-state index in [0.29, 0.717) is 12.8 Å². The third kappa shape index (κ3) is 3.52. The lowest BCUT2D eigenvalue weighted by Crippen LogP contribution is -2.56. The number of nitrogens with one attached hydrogen (secondary N) is 1. The summed E-state index contributed by atoms with van der Waals surface area (Å²) in [6, 6.07) is 7.51. The number of carboxylic acid groups (broad SMARTS) is 1. The summed E-state index contributed by atoms with van der Waals surface area (Å²) in [7, 11) is 0. The van der Waals surface area contributed by atoms with Crippen LogP contribution in [-0.4, -0.2) is 32.1 Å². The lowest BCUT2D eigenvalue weighted by atomic mass is 9.97. The molecule has 23 heavy (non-hydrogen) atoms. The van der Waals surface area contributed by atoms with Gasteiger partial charge in [0.05, 0.1) is 23.9 Å². The Morgan fingerprint density at radius 1 is 1.30 bits per heavy atom. The zero-order valence-corrected chi connectivity index (χ0v) is 13.7. The lowest BCUT2D eigenvalue weighted by molar-refractivity contribution is -0.148. The van der Waals surface area contributed by atoms with Gasteiger partial charge in [-0.05, 0) is 31.9 Å². The number of carboxylic acids is 1. The molecule has 1 heterocycles. The number of aromatic nitrogens is 2. The summed E-state index contributed by atoms with van der Waals surface area (Å²) in [5.41, 5.74) is 0.256. The van der Waals surface area contributed by atoms with Crippen molar-refractivity contribution in [2.45, 2.75) is 45.7 Å². The van der Waals surface area contributed by atoms with Crippen LogP contribution >= 0.6 is 0 Å². The van der Waals surface area contributed by atoms with Crippen molar-refractivity contribution in [2.75, 3.05) is 0 Å². The Morgan fingerprint density at radius 2 is 1.96 bits per heavy atom. The number of fused-ring (bicyclic) bond motifs is 1. The van der Waals surface area contributed by atoms with E-state index in [9.17, 15) is 14.7 Å². The van der Waals surface area contributed by atoms with Crippen LogP contribution in [0.1, 0.15) is 33.6 Å². The van der Waals surface area contributed by atoms with Gasteiger partial charge in [-0.15, -0.1) is 0 Å². The monoisotopic (exact) mass is 317 g/mol. The van der Waals surface area contributed by atoms with Gasteiger partial charge in [0.15, 0.2) is 5.54 Å². The van der Waals surface area contributed by atoms with Crippen molar-refractivity contribution in [3.8, 4) is 0 Å². The van der Waals surface area contributed by atoms with Crippen LogP contribution in [0.5, 0.6) is 0 Å². The van der Waals surface area contributed by atoms with E-state index in [1.165, 1.54) is 6.92 Å². The van der Waals surface area contributed by atoms with Gasteiger partial charge in [0.25, 0.3) is 0 Å². The van der Waals surface area contributed by atoms with Gasteiger partial charge in [0.1, 0.15) is 0 Å². The van der Waals surface area contributed by atoms with Crippen molar-refractivity contribution < 1.29 is 14.7 Å². The maximum Gasteiger partial charge on any atom is 0.331 e. The van der Waals surface area contributed by atoms with Crippen LogP contribution in [0.15, 0.2) is 30.6 Å². The third-order valence-corrected chi connectivity index (χ3v) is 4.24. The van der Waals surface area contributed by atoms with E-state index in [2.05, 4.69) is 10.3 Å². The zero-order chi connectivity index (χ0) is 17.0. The molecule has 0 saturated carbocycles. The molecule has 6 nitrogen and oxygen atoms in total. The normalized spacial score (nSPS) is 13.9. The second-order valence-electron chi connectivity index (χ2n) is 6.00. The summed E-state index contributed by atoms with van der Waals surface area (Å²) in [5.74, 6) is -1.45. The number of benzene rings is 1. The summed E-state index contributed by atoms with van der Waals surface area (Å²) in [6.45, 7) is 5.50. The molecule has 1 unspecified atom stereocenters. The van der Waals surface area contributed by atoms with Gasteiger partial charge < -0.3 is 15.0 Å². The van der Waals surface area contributed by atoms with Crippen LogP contribution in [-0.2, 0) is 16.1 Å².